The quantitative estimate of drug-likeness (QED) is 0.410. The Balaban J connectivity index is 1.64. The minimum atomic E-state index is -0.291. The van der Waals surface area contributed by atoms with Crippen LogP contribution >= 0.6 is 11.8 Å². The van der Waals surface area contributed by atoms with Gasteiger partial charge >= 0.3 is 5.69 Å². The Morgan fingerprint density at radius 3 is 3.00 bits per heavy atom. The van der Waals surface area contributed by atoms with Crippen LogP contribution in [0.5, 0.6) is 0 Å². The lowest BCUT2D eigenvalue weighted by Crippen LogP contribution is -2.19. The van der Waals surface area contributed by atoms with Gasteiger partial charge in [0, 0.05) is 37.9 Å². The lowest BCUT2D eigenvalue weighted by atomic mass is 9.99. The van der Waals surface area contributed by atoms with Crippen LogP contribution in [0.25, 0.3) is 0 Å². The number of ether oxygens (including phenoxy) is 1. The summed E-state index contributed by atoms with van der Waals surface area (Å²) in [6.07, 6.45) is 1.75. The molecule has 1 aromatic carbocycles. The SMILES string of the molecule is COCCCn1c(SCC(=O)c2ccc3c(c2)CCC(=O)N3)n[nH]c1=O. The third-order valence-corrected chi connectivity index (χ3v) is 5.08. The largest absolute Gasteiger partial charge is 0.385 e. The van der Waals surface area contributed by atoms with Crippen LogP contribution in [-0.2, 0) is 22.5 Å². The van der Waals surface area contributed by atoms with Crippen LogP contribution in [0.15, 0.2) is 28.2 Å². The van der Waals surface area contributed by atoms with Gasteiger partial charge in [0.25, 0.3) is 0 Å². The van der Waals surface area contributed by atoms with Crippen molar-refractivity contribution in [3.05, 3.63) is 39.8 Å². The Bertz CT molecular complexity index is 874. The number of anilines is 1. The topological polar surface area (TPSA) is 106 Å². The van der Waals surface area contributed by atoms with Gasteiger partial charge in [-0.3, -0.25) is 14.2 Å². The summed E-state index contributed by atoms with van der Waals surface area (Å²) >= 11 is 1.23. The van der Waals surface area contributed by atoms with Gasteiger partial charge in [0.2, 0.25) is 5.91 Å². The van der Waals surface area contributed by atoms with Crippen molar-refractivity contribution in [3.63, 3.8) is 0 Å². The number of benzene rings is 1. The molecule has 0 aliphatic carbocycles. The predicted molar refractivity (Wildman–Crippen MR) is 97.8 cm³/mol. The van der Waals surface area contributed by atoms with Gasteiger partial charge in [0.15, 0.2) is 10.9 Å². The molecular weight excluding hydrogens is 356 g/mol. The summed E-state index contributed by atoms with van der Waals surface area (Å²) in [5.74, 6) is 0.130. The fraction of sp³-hybridized carbons (Fsp3) is 0.412. The number of hydrogen-bond donors (Lipinski definition) is 2. The molecule has 0 atom stereocenters. The fourth-order valence-electron chi connectivity index (χ4n) is 2.75. The average Bonchev–Trinajstić information content (AvgIpc) is 2.99. The number of aryl methyl sites for hydroxylation is 1. The van der Waals surface area contributed by atoms with E-state index in [9.17, 15) is 14.4 Å². The van der Waals surface area contributed by atoms with Crippen LogP contribution in [0.1, 0.15) is 28.8 Å². The number of fused-ring (bicyclic) bond motifs is 1. The minimum Gasteiger partial charge on any atom is -0.385 e. The van der Waals surface area contributed by atoms with Crippen LogP contribution in [-0.4, -0.2) is 45.9 Å². The molecule has 0 radical (unpaired) electrons. The van der Waals surface area contributed by atoms with Crippen LogP contribution < -0.4 is 11.0 Å². The highest BCUT2D eigenvalue weighted by Gasteiger charge is 2.17. The van der Waals surface area contributed by atoms with E-state index in [2.05, 4.69) is 15.5 Å². The lowest BCUT2D eigenvalue weighted by Gasteiger charge is -2.17. The number of nitrogens with one attached hydrogen (secondary N) is 2. The highest BCUT2D eigenvalue weighted by molar-refractivity contribution is 7.99. The van der Waals surface area contributed by atoms with Gasteiger partial charge in [0.05, 0.1) is 5.75 Å². The highest BCUT2D eigenvalue weighted by atomic mass is 32.2. The molecule has 1 aromatic heterocycles. The summed E-state index contributed by atoms with van der Waals surface area (Å²) in [5, 5.41) is 9.69. The summed E-state index contributed by atoms with van der Waals surface area (Å²) in [4.78, 5) is 35.7. The summed E-state index contributed by atoms with van der Waals surface area (Å²) in [6.45, 7) is 1.03. The van der Waals surface area contributed by atoms with E-state index in [1.807, 2.05) is 6.07 Å². The van der Waals surface area contributed by atoms with E-state index in [0.717, 1.165) is 11.3 Å². The van der Waals surface area contributed by atoms with Gasteiger partial charge in [-0.05, 0) is 36.6 Å². The first-order valence-corrected chi connectivity index (χ1v) is 9.30. The van der Waals surface area contributed by atoms with Crippen molar-refractivity contribution in [1.29, 1.82) is 0 Å². The van der Waals surface area contributed by atoms with Gasteiger partial charge in [-0.1, -0.05) is 11.8 Å². The van der Waals surface area contributed by atoms with E-state index >= 15 is 0 Å². The lowest BCUT2D eigenvalue weighted by molar-refractivity contribution is -0.116. The number of aromatic nitrogens is 3. The Morgan fingerprint density at radius 1 is 1.35 bits per heavy atom. The van der Waals surface area contributed by atoms with Crippen molar-refractivity contribution in [1.82, 2.24) is 14.8 Å². The maximum absolute atomic E-state index is 12.5. The van der Waals surface area contributed by atoms with Crippen molar-refractivity contribution >= 4 is 29.1 Å². The van der Waals surface area contributed by atoms with Crippen LogP contribution in [0.3, 0.4) is 0 Å². The second-order valence-electron chi connectivity index (χ2n) is 5.94. The van der Waals surface area contributed by atoms with Gasteiger partial charge in [-0.2, -0.15) is 0 Å². The number of methoxy groups -OCH3 is 1. The Kier molecular flexibility index (Phi) is 5.89. The normalized spacial score (nSPS) is 13.3. The van der Waals surface area contributed by atoms with Crippen LogP contribution in [0, 0.1) is 0 Å². The molecule has 138 valence electrons. The number of hydrogen-bond acceptors (Lipinski definition) is 6. The fourth-order valence-corrected chi connectivity index (χ4v) is 3.61. The molecule has 3 rings (SSSR count). The molecule has 0 spiro atoms. The first-order valence-electron chi connectivity index (χ1n) is 8.31. The first kappa shape index (κ1) is 18.4. The van der Waals surface area contributed by atoms with Crippen LogP contribution in [0.2, 0.25) is 0 Å². The summed E-state index contributed by atoms with van der Waals surface area (Å²) in [6, 6.07) is 5.30. The number of nitrogens with zero attached hydrogens (tertiary/aromatic N) is 2. The number of amides is 1. The third kappa shape index (κ3) is 4.23. The molecule has 0 saturated heterocycles. The molecular formula is C17H20N4O4S. The van der Waals surface area contributed by atoms with E-state index in [0.29, 0.717) is 43.1 Å². The van der Waals surface area contributed by atoms with E-state index in [1.165, 1.54) is 16.3 Å². The molecule has 1 amide bonds. The molecule has 1 aliphatic heterocycles. The van der Waals surface area contributed by atoms with E-state index in [1.54, 1.807) is 19.2 Å². The number of carbonyl (C=O) groups is 2. The number of aromatic amines is 1. The first-order chi connectivity index (χ1) is 12.6. The van der Waals surface area contributed by atoms with E-state index < -0.39 is 0 Å². The number of ketones is 1. The average molecular weight is 376 g/mol. The smallest absolute Gasteiger partial charge is 0.343 e. The van der Waals surface area contributed by atoms with Crippen molar-refractivity contribution in [2.45, 2.75) is 31.0 Å². The number of rotatable bonds is 8. The van der Waals surface area contributed by atoms with Crippen molar-refractivity contribution < 1.29 is 14.3 Å². The standard InChI is InChI=1S/C17H20N4O4S/c1-25-8-2-7-21-16(24)19-20-17(21)26-10-14(22)12-3-5-13-11(9-12)4-6-15(23)18-13/h3,5,9H,2,4,6-8,10H2,1H3,(H,18,23)(H,19,24). The number of carbonyl (C=O) groups excluding carboxylic acids is 2. The second kappa shape index (κ2) is 8.33. The van der Waals surface area contributed by atoms with Crippen molar-refractivity contribution in [2.75, 3.05) is 24.8 Å². The molecule has 8 nitrogen and oxygen atoms in total. The molecule has 2 aromatic rings. The Morgan fingerprint density at radius 2 is 2.19 bits per heavy atom. The molecule has 1 aliphatic rings. The molecule has 0 saturated carbocycles. The molecule has 0 unspecified atom stereocenters. The number of thioether (sulfide) groups is 1. The van der Waals surface area contributed by atoms with Crippen molar-refractivity contribution in [2.24, 2.45) is 0 Å². The minimum absolute atomic E-state index is 0.00268. The summed E-state index contributed by atoms with van der Waals surface area (Å²) < 4.78 is 6.51. The van der Waals surface area contributed by atoms with Gasteiger partial charge in [-0.25, -0.2) is 9.89 Å². The van der Waals surface area contributed by atoms with Gasteiger partial charge in [0.1, 0.15) is 0 Å². The van der Waals surface area contributed by atoms with E-state index in [4.69, 9.17) is 4.74 Å². The third-order valence-electron chi connectivity index (χ3n) is 4.11. The Labute approximate surface area is 154 Å². The maximum atomic E-state index is 12.5. The zero-order chi connectivity index (χ0) is 18.5. The van der Waals surface area contributed by atoms with Gasteiger partial charge in [-0.15, -0.1) is 5.10 Å². The molecule has 2 heterocycles. The highest BCUT2D eigenvalue weighted by Crippen LogP contribution is 2.24. The molecule has 26 heavy (non-hydrogen) atoms. The maximum Gasteiger partial charge on any atom is 0.343 e. The number of Topliss-reactive ketones (excluding diaryl/α,β-unsaturated/α-hetero) is 1. The Hall–Kier alpha value is -2.39. The molecule has 2 N–H and O–H groups in total. The molecule has 9 heteroatoms. The molecule has 0 bridgehead atoms. The summed E-state index contributed by atoms with van der Waals surface area (Å²) in [7, 11) is 1.61. The van der Waals surface area contributed by atoms with Gasteiger partial charge < -0.3 is 10.1 Å². The predicted octanol–water partition coefficient (Wildman–Crippen LogP) is 1.47. The zero-order valence-corrected chi connectivity index (χ0v) is 15.2. The van der Waals surface area contributed by atoms with Crippen molar-refractivity contribution in [3.8, 4) is 0 Å². The van der Waals surface area contributed by atoms with Crippen LogP contribution in [0.4, 0.5) is 5.69 Å². The zero-order valence-electron chi connectivity index (χ0n) is 14.4. The number of H-pyrrole nitrogens is 1. The molecule has 0 fully saturated rings. The summed E-state index contributed by atoms with van der Waals surface area (Å²) in [5.41, 5.74) is 2.04. The second-order valence-corrected chi connectivity index (χ2v) is 6.88. The monoisotopic (exact) mass is 376 g/mol. The van der Waals surface area contributed by atoms with E-state index in [-0.39, 0.29) is 23.1 Å².